The first kappa shape index (κ1) is 37.6. The Morgan fingerprint density at radius 2 is 1.68 bits per heavy atom. The van der Waals surface area contributed by atoms with Crippen LogP contribution in [0.2, 0.25) is 0 Å². The van der Waals surface area contributed by atoms with E-state index in [4.69, 9.17) is 24.3 Å². The average Bonchev–Trinajstić information content (AvgIpc) is 3.71. The number of rotatable bonds is 15. The molecule has 0 bridgehead atoms. The standard InChI is InChI=1S/C35H37FN7O9P/c1-21(35(47)49-17-23-8-4-2-5-9-23)42-53(48,52-25-10-6-3-7-11-25)50-18-27-29(44)30(45)34(51-27)43-20-40-28-31(38-19-39-32(28)43)41-33(46)26(37)16-22-12-14-24(36)15-13-22/h2-15,19-21,26-27,29-30,34,44-45H,16-18,37H2,1H3,(H,42,48)(H,38,39,41,46)/t21?,26?,27-,29-,30+,34-,53?/m1/s1. The number of aliphatic hydroxyl groups excluding tert-OH is 2. The number of halogens is 1. The molecule has 5 aromatic rings. The van der Waals surface area contributed by atoms with Gasteiger partial charge in [-0.3, -0.25) is 18.7 Å². The molecule has 1 fully saturated rings. The summed E-state index contributed by atoms with van der Waals surface area (Å²) in [7, 11) is -4.35. The summed E-state index contributed by atoms with van der Waals surface area (Å²) in [6.45, 7) is 0.872. The van der Waals surface area contributed by atoms with Crippen LogP contribution >= 0.6 is 7.75 Å². The fourth-order valence-electron chi connectivity index (χ4n) is 5.43. The van der Waals surface area contributed by atoms with Crippen molar-refractivity contribution in [2.24, 2.45) is 5.73 Å². The third kappa shape index (κ3) is 9.27. The number of aliphatic hydroxyl groups is 2. The Kier molecular flexibility index (Phi) is 11.8. The number of anilines is 1. The zero-order chi connectivity index (χ0) is 37.5. The summed E-state index contributed by atoms with van der Waals surface area (Å²) in [5.41, 5.74) is 7.78. The molecule has 6 rings (SSSR count). The van der Waals surface area contributed by atoms with Crippen LogP contribution in [0.3, 0.4) is 0 Å². The highest BCUT2D eigenvalue weighted by atomic mass is 31.2. The number of hydrogen-bond acceptors (Lipinski definition) is 13. The first-order valence-electron chi connectivity index (χ1n) is 16.5. The van der Waals surface area contributed by atoms with Crippen molar-refractivity contribution in [3.05, 3.63) is 115 Å². The minimum Gasteiger partial charge on any atom is -0.460 e. The Morgan fingerprint density at radius 1 is 0.981 bits per heavy atom. The van der Waals surface area contributed by atoms with Crippen molar-refractivity contribution in [2.75, 3.05) is 11.9 Å². The monoisotopic (exact) mass is 749 g/mol. The molecule has 3 unspecified atom stereocenters. The number of carbonyl (C=O) groups is 2. The third-order valence-electron chi connectivity index (χ3n) is 8.22. The van der Waals surface area contributed by atoms with Crippen molar-refractivity contribution >= 4 is 36.6 Å². The molecule has 278 valence electrons. The second-order valence-electron chi connectivity index (χ2n) is 12.2. The van der Waals surface area contributed by atoms with Gasteiger partial charge in [0.25, 0.3) is 0 Å². The van der Waals surface area contributed by atoms with Gasteiger partial charge in [-0.05, 0) is 48.7 Å². The summed E-state index contributed by atoms with van der Waals surface area (Å²) in [5.74, 6) is -1.51. The topological polar surface area (TPSA) is 222 Å². The van der Waals surface area contributed by atoms with Gasteiger partial charge >= 0.3 is 13.7 Å². The van der Waals surface area contributed by atoms with Crippen LogP contribution in [0.25, 0.3) is 11.2 Å². The maximum absolute atomic E-state index is 14.0. The van der Waals surface area contributed by atoms with Crippen molar-refractivity contribution in [3.63, 3.8) is 0 Å². The number of hydrogen-bond donors (Lipinski definition) is 5. The van der Waals surface area contributed by atoms with Crippen LogP contribution in [-0.4, -0.2) is 78.6 Å². The van der Waals surface area contributed by atoms with Gasteiger partial charge in [-0.25, -0.2) is 23.9 Å². The predicted molar refractivity (Wildman–Crippen MR) is 187 cm³/mol. The van der Waals surface area contributed by atoms with E-state index < -0.39 is 68.7 Å². The van der Waals surface area contributed by atoms with Crippen molar-refractivity contribution in [1.82, 2.24) is 24.6 Å². The van der Waals surface area contributed by atoms with E-state index in [1.54, 1.807) is 54.6 Å². The molecular formula is C35H37FN7O9P. The molecule has 0 spiro atoms. The summed E-state index contributed by atoms with van der Waals surface area (Å²) in [6.07, 6.45) is -2.99. The molecule has 3 aromatic carbocycles. The number of para-hydroxylation sites is 1. The number of nitrogens with zero attached hydrogens (tertiary/aromatic N) is 4. The van der Waals surface area contributed by atoms with E-state index in [2.05, 4.69) is 25.4 Å². The third-order valence-corrected chi connectivity index (χ3v) is 9.87. The van der Waals surface area contributed by atoms with Crippen LogP contribution in [0.15, 0.2) is 97.6 Å². The molecular weight excluding hydrogens is 712 g/mol. The molecule has 1 saturated heterocycles. The largest absolute Gasteiger partial charge is 0.460 e. The number of benzene rings is 3. The normalized spacial score (nSPS) is 20.7. The highest BCUT2D eigenvalue weighted by molar-refractivity contribution is 7.52. The second kappa shape index (κ2) is 16.7. The molecule has 1 aliphatic heterocycles. The first-order valence-corrected chi connectivity index (χ1v) is 18.0. The Morgan fingerprint density at radius 3 is 2.40 bits per heavy atom. The predicted octanol–water partition coefficient (Wildman–Crippen LogP) is 3.02. The minimum absolute atomic E-state index is 0.00938. The van der Waals surface area contributed by atoms with Gasteiger partial charge in [0.1, 0.15) is 48.9 Å². The van der Waals surface area contributed by atoms with Crippen LogP contribution in [0.1, 0.15) is 24.3 Å². The maximum atomic E-state index is 14.0. The van der Waals surface area contributed by atoms with E-state index in [1.807, 2.05) is 6.07 Å². The fraction of sp³-hybridized carbons (Fsp3) is 0.286. The number of esters is 1. The number of nitrogens with one attached hydrogen (secondary N) is 2. The van der Waals surface area contributed by atoms with Gasteiger partial charge in [0.05, 0.1) is 19.0 Å². The number of imidazole rings is 1. The lowest BCUT2D eigenvalue weighted by Gasteiger charge is -2.24. The van der Waals surface area contributed by atoms with Crippen molar-refractivity contribution < 1.29 is 47.3 Å². The van der Waals surface area contributed by atoms with E-state index in [1.165, 1.54) is 42.1 Å². The molecule has 16 nitrogen and oxygen atoms in total. The van der Waals surface area contributed by atoms with Crippen LogP contribution in [0, 0.1) is 5.82 Å². The number of aromatic nitrogens is 4. The van der Waals surface area contributed by atoms with Crippen LogP contribution < -0.4 is 20.7 Å². The highest BCUT2D eigenvalue weighted by Crippen LogP contribution is 2.46. The van der Waals surface area contributed by atoms with Gasteiger partial charge in [-0.1, -0.05) is 60.7 Å². The zero-order valence-electron chi connectivity index (χ0n) is 28.3. The molecule has 0 radical (unpaired) electrons. The molecule has 0 saturated carbocycles. The van der Waals surface area contributed by atoms with Gasteiger partial charge in [0.15, 0.2) is 23.2 Å². The molecule has 1 amide bonds. The van der Waals surface area contributed by atoms with Crippen LogP contribution in [0.4, 0.5) is 10.2 Å². The van der Waals surface area contributed by atoms with Gasteiger partial charge in [-0.15, -0.1) is 0 Å². The number of nitrogens with two attached hydrogens (primary N) is 1. The summed E-state index contributed by atoms with van der Waals surface area (Å²) in [5, 5.41) is 27.2. The smallest absolute Gasteiger partial charge is 0.459 e. The Balaban J connectivity index is 1.12. The van der Waals surface area contributed by atoms with E-state index in [0.717, 1.165) is 11.9 Å². The lowest BCUT2D eigenvalue weighted by molar-refractivity contribution is -0.146. The summed E-state index contributed by atoms with van der Waals surface area (Å²) in [4.78, 5) is 38.3. The summed E-state index contributed by atoms with van der Waals surface area (Å²) in [6, 6.07) is 20.6. The second-order valence-corrected chi connectivity index (χ2v) is 13.9. The Labute approximate surface area is 302 Å². The first-order chi connectivity index (χ1) is 25.5. The fourth-order valence-corrected chi connectivity index (χ4v) is 6.93. The van der Waals surface area contributed by atoms with E-state index in [0.29, 0.717) is 5.56 Å². The van der Waals surface area contributed by atoms with Crippen LogP contribution in [0.5, 0.6) is 5.75 Å². The summed E-state index contributed by atoms with van der Waals surface area (Å²) >= 11 is 0. The minimum atomic E-state index is -4.35. The molecule has 1 aliphatic rings. The summed E-state index contributed by atoms with van der Waals surface area (Å²) < 4.78 is 51.4. The molecule has 7 atom stereocenters. The van der Waals surface area contributed by atoms with Crippen LogP contribution in [-0.2, 0) is 41.2 Å². The van der Waals surface area contributed by atoms with E-state index in [-0.39, 0.29) is 35.8 Å². The van der Waals surface area contributed by atoms with E-state index >= 15 is 0 Å². The number of ether oxygens (including phenoxy) is 2. The number of carbonyl (C=O) groups excluding carboxylic acids is 2. The van der Waals surface area contributed by atoms with E-state index in [9.17, 15) is 28.8 Å². The number of amides is 1. The molecule has 3 heterocycles. The van der Waals surface area contributed by atoms with Gasteiger partial charge in [0, 0.05) is 0 Å². The average molecular weight is 750 g/mol. The SMILES string of the molecule is CC(NP(=O)(OC[C@H]1O[C@@H](n2cnc3c(NC(=O)C(N)Cc4ccc(F)cc4)ncnc32)[C@@H](O)[C@@H]1O)Oc1ccccc1)C(=O)OCc1ccccc1. The molecule has 53 heavy (non-hydrogen) atoms. The van der Waals surface area contributed by atoms with Gasteiger partial charge in [-0.2, -0.15) is 5.09 Å². The van der Waals surface area contributed by atoms with Crippen molar-refractivity contribution in [1.29, 1.82) is 0 Å². The molecule has 6 N–H and O–H groups in total. The Hall–Kier alpha value is -5.13. The van der Waals surface area contributed by atoms with Gasteiger partial charge < -0.3 is 35.3 Å². The highest BCUT2D eigenvalue weighted by Gasteiger charge is 2.46. The quantitative estimate of drug-likeness (QED) is 0.0767. The Bertz CT molecular complexity index is 2060. The zero-order valence-corrected chi connectivity index (χ0v) is 29.2. The lowest BCUT2D eigenvalue weighted by atomic mass is 10.1. The number of fused-ring (bicyclic) bond motifs is 1. The molecule has 0 aliphatic carbocycles. The lowest BCUT2D eigenvalue weighted by Crippen LogP contribution is -2.37. The van der Waals surface area contributed by atoms with Crippen molar-refractivity contribution in [2.45, 2.75) is 56.6 Å². The molecule has 2 aromatic heterocycles. The molecule has 18 heteroatoms. The van der Waals surface area contributed by atoms with Crippen molar-refractivity contribution in [3.8, 4) is 5.75 Å². The van der Waals surface area contributed by atoms with Gasteiger partial charge in [0.2, 0.25) is 5.91 Å². The maximum Gasteiger partial charge on any atom is 0.459 e.